The van der Waals surface area contributed by atoms with Crippen LogP contribution in [0.2, 0.25) is 0 Å². The van der Waals surface area contributed by atoms with Crippen molar-refractivity contribution >= 4 is 17.2 Å². The Labute approximate surface area is 113 Å². The van der Waals surface area contributed by atoms with Crippen LogP contribution >= 0.6 is 11.3 Å². The van der Waals surface area contributed by atoms with Gasteiger partial charge in [-0.2, -0.15) is 0 Å². The standard InChI is InChI=1S/C13H23N3OS/c1-4-15-13(17)9-16(5-2)11(8-14)12-7-6-10(3)18-12/h6-7,11H,4-5,8-9,14H2,1-3H3,(H,15,17). The molecule has 18 heavy (non-hydrogen) atoms. The van der Waals surface area contributed by atoms with Crippen LogP contribution in [0.5, 0.6) is 0 Å². The predicted octanol–water partition coefficient (Wildman–Crippen LogP) is 1.51. The molecule has 0 aliphatic heterocycles. The summed E-state index contributed by atoms with van der Waals surface area (Å²) in [4.78, 5) is 16.3. The number of carbonyl (C=O) groups is 1. The lowest BCUT2D eigenvalue weighted by molar-refractivity contribution is -0.122. The molecule has 0 aliphatic rings. The molecular weight excluding hydrogens is 246 g/mol. The first-order valence-electron chi connectivity index (χ1n) is 6.39. The molecule has 5 heteroatoms. The monoisotopic (exact) mass is 269 g/mol. The summed E-state index contributed by atoms with van der Waals surface area (Å²) in [5.41, 5.74) is 5.87. The molecule has 0 fully saturated rings. The Morgan fingerprint density at radius 2 is 2.22 bits per heavy atom. The van der Waals surface area contributed by atoms with E-state index in [4.69, 9.17) is 5.73 Å². The van der Waals surface area contributed by atoms with E-state index in [9.17, 15) is 4.79 Å². The van der Waals surface area contributed by atoms with Crippen molar-refractivity contribution in [3.63, 3.8) is 0 Å². The fraction of sp³-hybridized carbons (Fsp3) is 0.615. The number of nitrogens with one attached hydrogen (secondary N) is 1. The number of hydrogen-bond donors (Lipinski definition) is 2. The summed E-state index contributed by atoms with van der Waals surface area (Å²) in [6, 6.07) is 4.34. The third-order valence-corrected chi connectivity index (χ3v) is 3.98. The van der Waals surface area contributed by atoms with Crippen molar-refractivity contribution in [3.8, 4) is 0 Å². The molecule has 0 spiro atoms. The van der Waals surface area contributed by atoms with Gasteiger partial charge in [-0.1, -0.05) is 6.92 Å². The van der Waals surface area contributed by atoms with Gasteiger partial charge < -0.3 is 11.1 Å². The van der Waals surface area contributed by atoms with Crippen LogP contribution < -0.4 is 11.1 Å². The first kappa shape index (κ1) is 15.1. The summed E-state index contributed by atoms with van der Waals surface area (Å²) < 4.78 is 0. The van der Waals surface area contributed by atoms with Crippen molar-refractivity contribution in [2.45, 2.75) is 26.8 Å². The largest absolute Gasteiger partial charge is 0.355 e. The van der Waals surface area contributed by atoms with Crippen LogP contribution in [0.15, 0.2) is 12.1 Å². The lowest BCUT2D eigenvalue weighted by Gasteiger charge is -2.28. The number of amides is 1. The van der Waals surface area contributed by atoms with Crippen LogP contribution in [0.25, 0.3) is 0 Å². The van der Waals surface area contributed by atoms with E-state index in [1.165, 1.54) is 9.75 Å². The van der Waals surface area contributed by atoms with Crippen LogP contribution in [-0.4, -0.2) is 37.0 Å². The van der Waals surface area contributed by atoms with Crippen molar-refractivity contribution in [2.24, 2.45) is 5.73 Å². The second kappa shape index (κ2) is 7.51. The van der Waals surface area contributed by atoms with Gasteiger partial charge in [-0.15, -0.1) is 11.3 Å². The molecular formula is C13H23N3OS. The Morgan fingerprint density at radius 3 is 2.67 bits per heavy atom. The smallest absolute Gasteiger partial charge is 0.234 e. The van der Waals surface area contributed by atoms with E-state index >= 15 is 0 Å². The van der Waals surface area contributed by atoms with E-state index < -0.39 is 0 Å². The first-order chi connectivity index (χ1) is 8.62. The van der Waals surface area contributed by atoms with E-state index in [1.807, 2.05) is 6.92 Å². The lowest BCUT2D eigenvalue weighted by Crippen LogP contribution is -2.41. The quantitative estimate of drug-likeness (QED) is 0.789. The Balaban J connectivity index is 2.74. The van der Waals surface area contributed by atoms with Crippen molar-refractivity contribution < 1.29 is 4.79 Å². The van der Waals surface area contributed by atoms with Crippen LogP contribution in [0, 0.1) is 6.92 Å². The molecule has 0 radical (unpaired) electrons. The molecule has 1 amide bonds. The highest BCUT2D eigenvalue weighted by Crippen LogP contribution is 2.26. The topological polar surface area (TPSA) is 58.4 Å². The highest BCUT2D eigenvalue weighted by molar-refractivity contribution is 7.12. The normalized spacial score (nSPS) is 12.7. The molecule has 0 aliphatic carbocycles. The summed E-state index contributed by atoms with van der Waals surface area (Å²) in [7, 11) is 0. The summed E-state index contributed by atoms with van der Waals surface area (Å²) >= 11 is 1.75. The first-order valence-corrected chi connectivity index (χ1v) is 7.21. The molecule has 1 rings (SSSR count). The maximum absolute atomic E-state index is 11.7. The van der Waals surface area contributed by atoms with Gasteiger partial charge in [-0.05, 0) is 32.5 Å². The van der Waals surface area contributed by atoms with E-state index in [0.717, 1.165) is 6.54 Å². The lowest BCUT2D eigenvalue weighted by atomic mass is 10.2. The Hall–Kier alpha value is -0.910. The molecule has 4 nitrogen and oxygen atoms in total. The average Bonchev–Trinajstić information content (AvgIpc) is 2.75. The molecule has 102 valence electrons. The third-order valence-electron chi connectivity index (χ3n) is 2.88. The Morgan fingerprint density at radius 1 is 1.50 bits per heavy atom. The minimum Gasteiger partial charge on any atom is -0.355 e. The highest BCUT2D eigenvalue weighted by atomic mass is 32.1. The zero-order valence-electron chi connectivity index (χ0n) is 11.4. The van der Waals surface area contributed by atoms with Crippen molar-refractivity contribution in [1.82, 2.24) is 10.2 Å². The van der Waals surface area contributed by atoms with Gasteiger partial charge >= 0.3 is 0 Å². The fourth-order valence-electron chi connectivity index (χ4n) is 1.96. The summed E-state index contributed by atoms with van der Waals surface area (Å²) in [6.45, 7) is 8.50. The number of rotatable bonds is 7. The summed E-state index contributed by atoms with van der Waals surface area (Å²) in [5.74, 6) is 0.0612. The number of nitrogens with two attached hydrogens (primary N) is 1. The van der Waals surface area contributed by atoms with Crippen molar-refractivity contribution in [2.75, 3.05) is 26.2 Å². The zero-order chi connectivity index (χ0) is 13.5. The molecule has 1 aromatic rings. The van der Waals surface area contributed by atoms with Crippen LogP contribution in [0.1, 0.15) is 29.6 Å². The number of carbonyl (C=O) groups excluding carboxylic acids is 1. The number of aryl methyl sites for hydroxylation is 1. The maximum Gasteiger partial charge on any atom is 0.234 e. The molecule has 0 saturated heterocycles. The van der Waals surface area contributed by atoms with Gasteiger partial charge in [-0.3, -0.25) is 9.69 Å². The van der Waals surface area contributed by atoms with Gasteiger partial charge in [0.25, 0.3) is 0 Å². The molecule has 3 N–H and O–H groups in total. The van der Waals surface area contributed by atoms with E-state index in [0.29, 0.717) is 19.6 Å². The van der Waals surface area contributed by atoms with Crippen molar-refractivity contribution in [1.29, 1.82) is 0 Å². The molecule has 1 unspecified atom stereocenters. The van der Waals surface area contributed by atoms with Gasteiger partial charge in [0.15, 0.2) is 0 Å². The van der Waals surface area contributed by atoms with Gasteiger partial charge in [0.1, 0.15) is 0 Å². The number of nitrogens with zero attached hydrogens (tertiary/aromatic N) is 1. The second-order valence-electron chi connectivity index (χ2n) is 4.22. The van der Waals surface area contributed by atoms with Gasteiger partial charge in [0.2, 0.25) is 5.91 Å². The van der Waals surface area contributed by atoms with Gasteiger partial charge in [0.05, 0.1) is 12.6 Å². The second-order valence-corrected chi connectivity index (χ2v) is 5.54. The van der Waals surface area contributed by atoms with E-state index in [1.54, 1.807) is 11.3 Å². The molecule has 0 saturated carbocycles. The number of likely N-dealkylation sites (N-methyl/N-ethyl adjacent to an activating group) is 2. The van der Waals surface area contributed by atoms with E-state index in [-0.39, 0.29) is 11.9 Å². The molecule has 1 heterocycles. The highest BCUT2D eigenvalue weighted by Gasteiger charge is 2.21. The Kier molecular flexibility index (Phi) is 6.32. The summed E-state index contributed by atoms with van der Waals surface area (Å²) in [6.07, 6.45) is 0. The molecule has 0 aromatic carbocycles. The van der Waals surface area contributed by atoms with Crippen LogP contribution in [0.3, 0.4) is 0 Å². The SMILES string of the molecule is CCNC(=O)CN(CC)C(CN)c1ccc(C)s1. The minimum atomic E-state index is 0.0612. The van der Waals surface area contributed by atoms with Gasteiger partial charge in [-0.25, -0.2) is 0 Å². The van der Waals surface area contributed by atoms with Crippen LogP contribution in [0.4, 0.5) is 0 Å². The average molecular weight is 269 g/mol. The predicted molar refractivity (Wildman–Crippen MR) is 76.8 cm³/mol. The maximum atomic E-state index is 11.7. The zero-order valence-corrected chi connectivity index (χ0v) is 12.2. The number of thiophene rings is 1. The van der Waals surface area contributed by atoms with E-state index in [2.05, 4.69) is 36.2 Å². The van der Waals surface area contributed by atoms with Crippen LogP contribution in [-0.2, 0) is 4.79 Å². The minimum absolute atomic E-state index is 0.0612. The fourth-order valence-corrected chi connectivity index (χ4v) is 2.98. The molecule has 0 bridgehead atoms. The van der Waals surface area contributed by atoms with Gasteiger partial charge in [0, 0.05) is 22.8 Å². The third kappa shape index (κ3) is 4.08. The van der Waals surface area contributed by atoms with Crippen molar-refractivity contribution in [3.05, 3.63) is 21.9 Å². The Bertz CT molecular complexity index is 378. The summed E-state index contributed by atoms with van der Waals surface area (Å²) in [5, 5.41) is 2.83. The molecule has 1 aromatic heterocycles. The number of hydrogen-bond acceptors (Lipinski definition) is 4. The molecule has 1 atom stereocenters.